The van der Waals surface area contributed by atoms with Crippen molar-refractivity contribution in [2.75, 3.05) is 26.2 Å². The Balaban J connectivity index is 1.39. The molecular weight excluding hydrogens is 324 g/mol. The van der Waals surface area contributed by atoms with E-state index in [0.717, 1.165) is 32.6 Å². The summed E-state index contributed by atoms with van der Waals surface area (Å²) in [5.41, 5.74) is 2.00. The number of phenols is 1. The van der Waals surface area contributed by atoms with E-state index >= 15 is 0 Å². The van der Waals surface area contributed by atoms with Crippen LogP contribution in [0.4, 0.5) is 0 Å². The number of carbonyl (C=O) groups excluding carboxylic acids is 1. The Bertz CT molecular complexity index is 685. The fourth-order valence-corrected chi connectivity index (χ4v) is 3.62. The summed E-state index contributed by atoms with van der Waals surface area (Å²) in [5.74, 6) is 0.632. The molecule has 1 atom stereocenters. The van der Waals surface area contributed by atoms with Gasteiger partial charge >= 0.3 is 0 Å². The van der Waals surface area contributed by atoms with Crippen LogP contribution < -0.4 is 5.32 Å². The summed E-state index contributed by atoms with van der Waals surface area (Å²) in [7, 11) is 0. The average molecular weight is 352 g/mol. The Morgan fingerprint density at radius 2 is 1.88 bits per heavy atom. The zero-order valence-corrected chi connectivity index (χ0v) is 15.2. The van der Waals surface area contributed by atoms with Crippen LogP contribution in [0.25, 0.3) is 0 Å². The molecule has 1 aliphatic heterocycles. The number of piperidine rings is 1. The van der Waals surface area contributed by atoms with Crippen LogP contribution in [0.3, 0.4) is 0 Å². The van der Waals surface area contributed by atoms with Gasteiger partial charge in [-0.15, -0.1) is 0 Å². The summed E-state index contributed by atoms with van der Waals surface area (Å²) in [4.78, 5) is 14.7. The van der Waals surface area contributed by atoms with Crippen LogP contribution in [0.5, 0.6) is 5.75 Å². The van der Waals surface area contributed by atoms with Gasteiger partial charge in [0.05, 0.1) is 0 Å². The second-order valence-corrected chi connectivity index (χ2v) is 7.15. The van der Waals surface area contributed by atoms with E-state index in [-0.39, 0.29) is 11.7 Å². The van der Waals surface area contributed by atoms with E-state index in [0.29, 0.717) is 11.5 Å². The normalized spacial score (nSPS) is 17.8. The van der Waals surface area contributed by atoms with Gasteiger partial charge in [-0.1, -0.05) is 30.3 Å². The van der Waals surface area contributed by atoms with Crippen LogP contribution in [0, 0.1) is 5.92 Å². The van der Waals surface area contributed by atoms with E-state index in [9.17, 15) is 9.90 Å². The highest BCUT2D eigenvalue weighted by molar-refractivity contribution is 5.94. The molecule has 1 saturated heterocycles. The van der Waals surface area contributed by atoms with Gasteiger partial charge in [0.1, 0.15) is 5.75 Å². The van der Waals surface area contributed by atoms with E-state index in [2.05, 4.69) is 40.5 Å². The van der Waals surface area contributed by atoms with Gasteiger partial charge in [0.2, 0.25) is 0 Å². The number of benzene rings is 2. The van der Waals surface area contributed by atoms with Crippen molar-refractivity contribution in [2.45, 2.75) is 25.7 Å². The smallest absolute Gasteiger partial charge is 0.251 e. The van der Waals surface area contributed by atoms with Gasteiger partial charge in [0, 0.05) is 18.7 Å². The lowest BCUT2D eigenvalue weighted by molar-refractivity contribution is 0.0932. The minimum Gasteiger partial charge on any atom is -0.508 e. The number of nitrogens with zero attached hydrogens (tertiary/aromatic N) is 1. The molecule has 3 rings (SSSR count). The lowest BCUT2D eigenvalue weighted by atomic mass is 9.97. The van der Waals surface area contributed by atoms with Crippen LogP contribution in [-0.4, -0.2) is 42.1 Å². The minimum atomic E-state index is -0.0637. The molecule has 1 heterocycles. The van der Waals surface area contributed by atoms with E-state index in [4.69, 9.17) is 0 Å². The average Bonchev–Trinajstić information content (AvgIpc) is 2.68. The maximum atomic E-state index is 12.2. The second kappa shape index (κ2) is 9.39. The largest absolute Gasteiger partial charge is 0.508 e. The molecule has 0 aromatic heterocycles. The van der Waals surface area contributed by atoms with Crippen LogP contribution in [0.2, 0.25) is 0 Å². The first-order valence-electron chi connectivity index (χ1n) is 9.54. The third kappa shape index (κ3) is 5.60. The number of nitrogens with one attached hydrogen (secondary N) is 1. The van der Waals surface area contributed by atoms with Crippen molar-refractivity contribution >= 4 is 5.91 Å². The first-order valence-corrected chi connectivity index (χ1v) is 9.54. The molecular formula is C22H28N2O2. The molecule has 2 aromatic rings. The van der Waals surface area contributed by atoms with Gasteiger partial charge < -0.3 is 15.3 Å². The summed E-state index contributed by atoms with van der Waals surface area (Å²) >= 11 is 0. The number of phenolic OH excluding ortho intramolecular Hbond substituents is 1. The van der Waals surface area contributed by atoms with E-state index in [1.54, 1.807) is 24.3 Å². The number of carbonyl (C=O) groups is 1. The van der Waals surface area contributed by atoms with Gasteiger partial charge in [-0.05, 0) is 74.5 Å². The van der Waals surface area contributed by atoms with Crippen LogP contribution in [0.15, 0.2) is 54.6 Å². The number of hydrogen-bond acceptors (Lipinski definition) is 3. The molecule has 1 fully saturated rings. The highest BCUT2D eigenvalue weighted by atomic mass is 16.3. The number of aryl methyl sites for hydroxylation is 1. The van der Waals surface area contributed by atoms with Crippen molar-refractivity contribution in [3.63, 3.8) is 0 Å². The number of amides is 1. The predicted molar refractivity (Wildman–Crippen MR) is 104 cm³/mol. The Kier molecular flexibility index (Phi) is 6.67. The SMILES string of the molecule is O=C(NCC1CCCN(CCCc2ccccc2)C1)c1ccc(O)cc1. The van der Waals surface area contributed by atoms with Crippen molar-refractivity contribution in [3.05, 3.63) is 65.7 Å². The first kappa shape index (κ1) is 18.5. The second-order valence-electron chi connectivity index (χ2n) is 7.15. The highest BCUT2D eigenvalue weighted by Gasteiger charge is 2.20. The van der Waals surface area contributed by atoms with Crippen molar-refractivity contribution in [1.82, 2.24) is 10.2 Å². The van der Waals surface area contributed by atoms with Crippen LogP contribution in [0.1, 0.15) is 35.2 Å². The third-order valence-corrected chi connectivity index (χ3v) is 5.07. The van der Waals surface area contributed by atoms with Gasteiger partial charge in [0.25, 0.3) is 5.91 Å². The fraction of sp³-hybridized carbons (Fsp3) is 0.409. The Labute approximate surface area is 155 Å². The van der Waals surface area contributed by atoms with E-state index in [1.165, 1.54) is 24.8 Å². The third-order valence-electron chi connectivity index (χ3n) is 5.07. The lowest BCUT2D eigenvalue weighted by Gasteiger charge is -2.32. The van der Waals surface area contributed by atoms with E-state index < -0.39 is 0 Å². The topological polar surface area (TPSA) is 52.6 Å². The Hall–Kier alpha value is -2.33. The van der Waals surface area contributed by atoms with Gasteiger partial charge in [-0.3, -0.25) is 4.79 Å². The quantitative estimate of drug-likeness (QED) is 0.802. The van der Waals surface area contributed by atoms with Gasteiger partial charge in [0.15, 0.2) is 0 Å². The summed E-state index contributed by atoms with van der Waals surface area (Å²) in [5, 5.41) is 12.4. The zero-order valence-electron chi connectivity index (χ0n) is 15.2. The summed E-state index contributed by atoms with van der Waals surface area (Å²) < 4.78 is 0. The molecule has 2 aromatic carbocycles. The number of rotatable bonds is 7. The molecule has 26 heavy (non-hydrogen) atoms. The molecule has 4 nitrogen and oxygen atoms in total. The van der Waals surface area contributed by atoms with Crippen molar-refractivity contribution in [3.8, 4) is 5.75 Å². The molecule has 0 saturated carbocycles. The molecule has 2 N–H and O–H groups in total. The van der Waals surface area contributed by atoms with Crippen molar-refractivity contribution < 1.29 is 9.90 Å². The Morgan fingerprint density at radius 3 is 2.65 bits per heavy atom. The van der Waals surface area contributed by atoms with Crippen molar-refractivity contribution in [2.24, 2.45) is 5.92 Å². The minimum absolute atomic E-state index is 0.0637. The standard InChI is InChI=1S/C22H28N2O2/c25-21-12-10-20(11-13-21)22(26)23-16-19-9-5-15-24(17-19)14-4-8-18-6-2-1-3-7-18/h1-3,6-7,10-13,19,25H,4-5,8-9,14-17H2,(H,23,26). The molecule has 0 radical (unpaired) electrons. The summed E-state index contributed by atoms with van der Waals surface area (Å²) in [6, 6.07) is 17.0. The lowest BCUT2D eigenvalue weighted by Crippen LogP contribution is -2.41. The van der Waals surface area contributed by atoms with E-state index in [1.807, 2.05) is 0 Å². The highest BCUT2D eigenvalue weighted by Crippen LogP contribution is 2.17. The molecule has 1 aliphatic rings. The summed E-state index contributed by atoms with van der Waals surface area (Å²) in [6.45, 7) is 4.06. The summed E-state index contributed by atoms with van der Waals surface area (Å²) in [6.07, 6.45) is 4.67. The molecule has 138 valence electrons. The molecule has 1 unspecified atom stereocenters. The molecule has 0 bridgehead atoms. The number of aromatic hydroxyl groups is 1. The molecule has 1 amide bonds. The van der Waals surface area contributed by atoms with Crippen LogP contribution in [-0.2, 0) is 6.42 Å². The molecule has 4 heteroatoms. The predicted octanol–water partition coefficient (Wildman–Crippen LogP) is 3.47. The number of hydrogen-bond donors (Lipinski definition) is 2. The maximum Gasteiger partial charge on any atom is 0.251 e. The first-order chi connectivity index (χ1) is 12.7. The molecule has 0 aliphatic carbocycles. The maximum absolute atomic E-state index is 12.2. The van der Waals surface area contributed by atoms with Gasteiger partial charge in [-0.25, -0.2) is 0 Å². The Morgan fingerprint density at radius 1 is 1.12 bits per heavy atom. The van der Waals surface area contributed by atoms with Gasteiger partial charge in [-0.2, -0.15) is 0 Å². The fourth-order valence-electron chi connectivity index (χ4n) is 3.62. The monoisotopic (exact) mass is 352 g/mol. The number of likely N-dealkylation sites (tertiary alicyclic amines) is 1. The molecule has 0 spiro atoms. The van der Waals surface area contributed by atoms with Crippen LogP contribution >= 0.6 is 0 Å². The van der Waals surface area contributed by atoms with Crippen molar-refractivity contribution in [1.29, 1.82) is 0 Å². The zero-order chi connectivity index (χ0) is 18.2.